The quantitative estimate of drug-likeness (QED) is 0.553. The van der Waals surface area contributed by atoms with Gasteiger partial charge in [0.1, 0.15) is 17.0 Å². The Balaban J connectivity index is 2.69. The Kier molecular flexibility index (Phi) is 3.11. The van der Waals surface area contributed by atoms with Crippen LogP contribution in [0.4, 0.5) is 5.69 Å². The monoisotopic (exact) mass is 409 g/mol. The summed E-state index contributed by atoms with van der Waals surface area (Å²) >= 11 is 6.58. The molecule has 21 heavy (non-hydrogen) atoms. The first-order chi connectivity index (χ1) is 9.93. The van der Waals surface area contributed by atoms with E-state index in [9.17, 15) is 9.59 Å². The van der Waals surface area contributed by atoms with E-state index in [1.54, 1.807) is 18.2 Å². The predicted molar refractivity (Wildman–Crippen MR) is 85.1 cm³/mol. The number of aromatic amines is 1. The number of pyridine rings is 1. The summed E-state index contributed by atoms with van der Waals surface area (Å²) in [5.41, 5.74) is 4.41. The lowest BCUT2D eigenvalue weighted by Crippen LogP contribution is -2.17. The Morgan fingerprint density at radius 1 is 1.29 bits per heavy atom. The number of nitrogen functional groups attached to an aromatic ring is 1. The van der Waals surface area contributed by atoms with Crippen LogP contribution in [0, 0.1) is 11.3 Å². The fourth-order valence-corrected chi connectivity index (χ4v) is 3.39. The van der Waals surface area contributed by atoms with Gasteiger partial charge in [-0.2, -0.15) is 5.26 Å². The van der Waals surface area contributed by atoms with Crippen LogP contribution < -0.4 is 16.7 Å². The first-order valence-electron chi connectivity index (χ1n) is 5.61. The molecule has 3 N–H and O–H groups in total. The molecule has 0 radical (unpaired) electrons. The molecule has 0 fully saturated rings. The summed E-state index contributed by atoms with van der Waals surface area (Å²) in [5.74, 6) is 0. The van der Waals surface area contributed by atoms with E-state index in [-0.39, 0.29) is 33.3 Å². The number of aromatic nitrogens is 1. The zero-order valence-electron chi connectivity index (χ0n) is 10.2. The van der Waals surface area contributed by atoms with Gasteiger partial charge in [-0.25, -0.2) is 0 Å². The lowest BCUT2D eigenvalue weighted by atomic mass is 10.1. The number of nitrogens with one attached hydrogen (secondary N) is 1. The molecule has 0 aliphatic rings. The number of nitrogens with zero attached hydrogens (tertiary/aromatic N) is 1. The fraction of sp³-hybridized carbons (Fsp3) is 0. The molecular weight excluding hydrogens is 406 g/mol. The Hall–Kier alpha value is -2.11. The molecule has 2 heterocycles. The summed E-state index contributed by atoms with van der Waals surface area (Å²) in [4.78, 5) is 26.7. The predicted octanol–water partition coefficient (Wildman–Crippen LogP) is 2.61. The molecule has 1 aromatic carbocycles. The third-order valence-corrected chi connectivity index (χ3v) is 4.06. The second-order valence-electron chi connectivity index (χ2n) is 4.25. The molecule has 0 bridgehead atoms. The first kappa shape index (κ1) is 13.9. The number of hydrogen-bond acceptors (Lipinski definition) is 5. The average molecular weight is 411 g/mol. The molecule has 2 aromatic heterocycles. The number of benzene rings is 1. The van der Waals surface area contributed by atoms with Gasteiger partial charge in [-0.3, -0.25) is 14.6 Å². The van der Waals surface area contributed by atoms with Crippen molar-refractivity contribution in [2.45, 2.75) is 0 Å². The average Bonchev–Trinajstić information content (AvgIpc) is 2.40. The van der Waals surface area contributed by atoms with Crippen molar-refractivity contribution in [3.63, 3.8) is 0 Å². The van der Waals surface area contributed by atoms with E-state index in [1.165, 1.54) is 0 Å². The molecule has 3 aromatic rings. The summed E-state index contributed by atoms with van der Waals surface area (Å²) in [6.45, 7) is 0. The van der Waals surface area contributed by atoms with Crippen molar-refractivity contribution in [1.29, 1.82) is 5.26 Å². The first-order valence-corrected chi connectivity index (χ1v) is 7.20. The number of nitriles is 1. The van der Waals surface area contributed by atoms with Crippen molar-refractivity contribution in [3.05, 3.63) is 47.2 Å². The second-order valence-corrected chi connectivity index (χ2v) is 6.02. The molecule has 0 amide bonds. The van der Waals surface area contributed by atoms with Crippen LogP contribution >= 0.6 is 31.9 Å². The summed E-state index contributed by atoms with van der Waals surface area (Å²) in [7, 11) is 0. The van der Waals surface area contributed by atoms with E-state index in [4.69, 9.17) is 15.4 Å². The molecule has 0 atom stereocenters. The van der Waals surface area contributed by atoms with Crippen molar-refractivity contribution in [2.24, 2.45) is 0 Å². The van der Waals surface area contributed by atoms with E-state index in [0.29, 0.717) is 8.95 Å². The number of anilines is 1. The minimum absolute atomic E-state index is 0.0105. The van der Waals surface area contributed by atoms with Crippen LogP contribution in [0.15, 0.2) is 35.1 Å². The SMILES string of the molecule is N#Cc1c(N)c2c(=O)c3cc(Br)cc(Br)c3oc2[nH]c1=O. The molecule has 0 saturated carbocycles. The van der Waals surface area contributed by atoms with Crippen LogP contribution in [-0.4, -0.2) is 4.98 Å². The van der Waals surface area contributed by atoms with E-state index in [1.807, 2.05) is 0 Å². The highest BCUT2D eigenvalue weighted by atomic mass is 79.9. The Bertz CT molecular complexity index is 1080. The second kappa shape index (κ2) is 4.72. The van der Waals surface area contributed by atoms with Crippen LogP contribution in [0.2, 0.25) is 0 Å². The van der Waals surface area contributed by atoms with Crippen molar-refractivity contribution in [1.82, 2.24) is 4.98 Å². The number of fused-ring (bicyclic) bond motifs is 2. The molecule has 8 heteroatoms. The van der Waals surface area contributed by atoms with E-state index >= 15 is 0 Å². The molecule has 0 aliphatic heterocycles. The number of hydrogen-bond donors (Lipinski definition) is 2. The minimum Gasteiger partial charge on any atom is -0.438 e. The molecule has 0 saturated heterocycles. The van der Waals surface area contributed by atoms with E-state index in [0.717, 1.165) is 0 Å². The molecule has 104 valence electrons. The highest BCUT2D eigenvalue weighted by Gasteiger charge is 2.18. The van der Waals surface area contributed by atoms with Gasteiger partial charge in [-0.15, -0.1) is 0 Å². The van der Waals surface area contributed by atoms with Crippen LogP contribution in [0.1, 0.15) is 5.56 Å². The topological polar surface area (TPSA) is 113 Å². The van der Waals surface area contributed by atoms with Crippen LogP contribution in [0.5, 0.6) is 0 Å². The van der Waals surface area contributed by atoms with Crippen molar-refractivity contribution >= 4 is 59.6 Å². The van der Waals surface area contributed by atoms with Crippen LogP contribution in [-0.2, 0) is 0 Å². The van der Waals surface area contributed by atoms with Crippen molar-refractivity contribution in [3.8, 4) is 6.07 Å². The van der Waals surface area contributed by atoms with Crippen LogP contribution in [0.3, 0.4) is 0 Å². The molecule has 3 rings (SSSR count). The lowest BCUT2D eigenvalue weighted by molar-refractivity contribution is 0.641. The van der Waals surface area contributed by atoms with E-state index < -0.39 is 11.0 Å². The smallest absolute Gasteiger partial charge is 0.270 e. The number of H-pyrrole nitrogens is 1. The summed E-state index contributed by atoms with van der Waals surface area (Å²) in [5, 5.41) is 9.23. The van der Waals surface area contributed by atoms with E-state index in [2.05, 4.69) is 36.8 Å². The standard InChI is InChI=1S/C13H5Br2N3O3/c14-4-1-5-10(19)8-9(17)6(3-16)12(20)18-13(8)21-11(5)7(15)2-4/h1-2H,(H3,17,18,20). The summed E-state index contributed by atoms with van der Waals surface area (Å²) in [6.07, 6.45) is 0. The number of rotatable bonds is 0. The number of halogens is 2. The van der Waals surface area contributed by atoms with Gasteiger partial charge in [0.05, 0.1) is 15.5 Å². The largest absolute Gasteiger partial charge is 0.438 e. The molecular formula is C13H5Br2N3O3. The zero-order chi connectivity index (χ0) is 15.3. The zero-order valence-corrected chi connectivity index (χ0v) is 13.3. The van der Waals surface area contributed by atoms with Gasteiger partial charge < -0.3 is 10.2 Å². The normalized spacial score (nSPS) is 10.9. The third kappa shape index (κ3) is 1.97. The van der Waals surface area contributed by atoms with Gasteiger partial charge in [0.15, 0.2) is 5.58 Å². The number of nitrogens with two attached hydrogens (primary N) is 1. The maximum absolute atomic E-state index is 12.6. The maximum atomic E-state index is 12.6. The molecule has 0 aliphatic carbocycles. The summed E-state index contributed by atoms with van der Waals surface area (Å²) < 4.78 is 6.79. The van der Waals surface area contributed by atoms with Crippen LogP contribution in [0.25, 0.3) is 22.1 Å². The molecule has 6 nitrogen and oxygen atoms in total. The highest BCUT2D eigenvalue weighted by molar-refractivity contribution is 9.11. The van der Waals surface area contributed by atoms with Crippen molar-refractivity contribution < 1.29 is 4.42 Å². The molecule has 0 spiro atoms. The minimum atomic E-state index is -0.696. The maximum Gasteiger partial charge on any atom is 0.270 e. The van der Waals surface area contributed by atoms with Gasteiger partial charge in [0.2, 0.25) is 11.1 Å². The van der Waals surface area contributed by atoms with Gasteiger partial charge in [0.25, 0.3) is 5.56 Å². The van der Waals surface area contributed by atoms with Gasteiger partial charge in [-0.05, 0) is 28.1 Å². The van der Waals surface area contributed by atoms with Crippen molar-refractivity contribution in [2.75, 3.05) is 5.73 Å². The third-order valence-electron chi connectivity index (χ3n) is 3.02. The molecule has 0 unspecified atom stereocenters. The van der Waals surface area contributed by atoms with Gasteiger partial charge in [0, 0.05) is 4.47 Å². The fourth-order valence-electron chi connectivity index (χ4n) is 2.08. The lowest BCUT2D eigenvalue weighted by Gasteiger charge is -2.06. The Morgan fingerprint density at radius 3 is 2.67 bits per heavy atom. The highest BCUT2D eigenvalue weighted by Crippen LogP contribution is 2.30. The Morgan fingerprint density at radius 2 is 2.00 bits per heavy atom. The Labute approximate surface area is 133 Å². The van der Waals surface area contributed by atoms with Gasteiger partial charge >= 0.3 is 0 Å². The summed E-state index contributed by atoms with van der Waals surface area (Å²) in [6, 6.07) is 4.98. The van der Waals surface area contributed by atoms with Gasteiger partial charge in [-0.1, -0.05) is 15.9 Å².